The lowest BCUT2D eigenvalue weighted by Gasteiger charge is -2.11. The van der Waals surface area contributed by atoms with Gasteiger partial charge in [-0.25, -0.2) is 4.98 Å². The summed E-state index contributed by atoms with van der Waals surface area (Å²) < 4.78 is 0. The van der Waals surface area contributed by atoms with Gasteiger partial charge in [0.15, 0.2) is 0 Å². The summed E-state index contributed by atoms with van der Waals surface area (Å²) in [5.41, 5.74) is 5.20. The van der Waals surface area contributed by atoms with Gasteiger partial charge in [-0.3, -0.25) is 4.79 Å². The molecule has 1 atom stereocenters. The summed E-state index contributed by atoms with van der Waals surface area (Å²) in [5, 5.41) is 4.27. The number of hydrogen-bond donors (Lipinski definition) is 2. The second-order valence-electron chi connectivity index (χ2n) is 3.17. The number of pyridine rings is 1. The molecule has 4 nitrogen and oxygen atoms in total. The molecule has 0 spiro atoms. The first-order chi connectivity index (χ1) is 7.65. The van der Waals surface area contributed by atoms with Gasteiger partial charge >= 0.3 is 0 Å². The fourth-order valence-corrected chi connectivity index (χ4v) is 2.35. The lowest BCUT2D eigenvalue weighted by atomic mass is 10.2. The third-order valence-electron chi connectivity index (χ3n) is 2.06. The summed E-state index contributed by atoms with van der Waals surface area (Å²) in [5.74, 6) is 0.403. The Balaban J connectivity index is 2.41. The first-order valence-corrected chi connectivity index (χ1v) is 6.21. The van der Waals surface area contributed by atoms with Crippen LogP contribution in [0, 0.1) is 0 Å². The van der Waals surface area contributed by atoms with E-state index in [1.807, 2.05) is 0 Å². The van der Waals surface area contributed by atoms with E-state index in [0.717, 1.165) is 10.8 Å². The van der Waals surface area contributed by atoms with Crippen molar-refractivity contribution in [2.24, 2.45) is 5.73 Å². The monoisotopic (exact) mass is 259 g/mol. The molecule has 1 amide bonds. The molecule has 0 aliphatic carbocycles. The van der Waals surface area contributed by atoms with Crippen molar-refractivity contribution in [2.75, 3.05) is 12.8 Å². The van der Waals surface area contributed by atoms with Gasteiger partial charge in [0, 0.05) is 11.9 Å². The lowest BCUT2D eigenvalue weighted by molar-refractivity contribution is -0.119. The van der Waals surface area contributed by atoms with Gasteiger partial charge in [0.1, 0.15) is 5.03 Å². The van der Waals surface area contributed by atoms with Gasteiger partial charge in [0.2, 0.25) is 5.91 Å². The summed E-state index contributed by atoms with van der Waals surface area (Å²) >= 11 is 7.46. The topological polar surface area (TPSA) is 68.0 Å². The van der Waals surface area contributed by atoms with Gasteiger partial charge in [-0.05, 0) is 25.6 Å². The minimum absolute atomic E-state index is 0.296. The molecule has 0 fully saturated rings. The summed E-state index contributed by atoms with van der Waals surface area (Å²) in [6.45, 7) is 0. The normalized spacial score (nSPS) is 12.4. The van der Waals surface area contributed by atoms with Crippen LogP contribution in [0.25, 0.3) is 0 Å². The molecule has 0 bridgehead atoms. The number of carbonyl (C=O) groups excluding carboxylic acids is 1. The Bertz CT molecular complexity index is 362. The first kappa shape index (κ1) is 13.3. The molecular weight excluding hydrogens is 246 g/mol. The SMILES string of the molecule is CNC(CCSc1ncccc1Cl)C(N)=O. The van der Waals surface area contributed by atoms with E-state index in [2.05, 4.69) is 10.3 Å². The number of primary amides is 1. The Morgan fingerprint density at radius 2 is 2.50 bits per heavy atom. The van der Waals surface area contributed by atoms with Crippen molar-refractivity contribution in [3.05, 3.63) is 23.4 Å². The summed E-state index contributed by atoms with van der Waals surface area (Å²) in [4.78, 5) is 15.1. The molecule has 0 radical (unpaired) electrons. The van der Waals surface area contributed by atoms with Gasteiger partial charge in [0.05, 0.1) is 11.1 Å². The van der Waals surface area contributed by atoms with Crippen molar-refractivity contribution < 1.29 is 4.79 Å². The number of halogens is 1. The van der Waals surface area contributed by atoms with E-state index in [1.54, 1.807) is 25.4 Å². The van der Waals surface area contributed by atoms with Gasteiger partial charge in [-0.15, -0.1) is 11.8 Å². The van der Waals surface area contributed by atoms with Gasteiger partial charge < -0.3 is 11.1 Å². The molecule has 0 aliphatic heterocycles. The molecule has 16 heavy (non-hydrogen) atoms. The number of carbonyl (C=O) groups is 1. The molecule has 6 heteroatoms. The smallest absolute Gasteiger partial charge is 0.234 e. The number of rotatable bonds is 6. The standard InChI is InChI=1S/C10H14ClN3OS/c1-13-8(9(12)15)4-6-16-10-7(11)3-2-5-14-10/h2-3,5,8,13H,4,6H2,1H3,(H2,12,15). The van der Waals surface area contributed by atoms with E-state index < -0.39 is 0 Å². The number of amides is 1. The maximum atomic E-state index is 10.9. The zero-order valence-corrected chi connectivity index (χ0v) is 10.5. The van der Waals surface area contributed by atoms with E-state index >= 15 is 0 Å². The highest BCUT2D eigenvalue weighted by Gasteiger charge is 2.12. The predicted octanol–water partition coefficient (Wildman–Crippen LogP) is 1.29. The average Bonchev–Trinajstić information content (AvgIpc) is 2.26. The Morgan fingerprint density at radius 1 is 1.75 bits per heavy atom. The second-order valence-corrected chi connectivity index (χ2v) is 4.66. The van der Waals surface area contributed by atoms with E-state index in [9.17, 15) is 4.79 Å². The second kappa shape index (κ2) is 6.73. The van der Waals surface area contributed by atoms with Crippen LogP contribution < -0.4 is 11.1 Å². The maximum absolute atomic E-state index is 10.9. The number of nitrogens with two attached hydrogens (primary N) is 1. The van der Waals surface area contributed by atoms with E-state index in [0.29, 0.717) is 11.4 Å². The number of aromatic nitrogens is 1. The maximum Gasteiger partial charge on any atom is 0.234 e. The van der Waals surface area contributed by atoms with Crippen LogP contribution in [0.15, 0.2) is 23.4 Å². The average molecular weight is 260 g/mol. The molecule has 1 aromatic heterocycles. The van der Waals surface area contributed by atoms with Crippen LogP contribution in [0.2, 0.25) is 5.02 Å². The highest BCUT2D eigenvalue weighted by Crippen LogP contribution is 2.24. The molecule has 1 aromatic rings. The number of nitrogens with zero attached hydrogens (tertiary/aromatic N) is 1. The number of thioether (sulfide) groups is 1. The van der Waals surface area contributed by atoms with Crippen LogP contribution in [-0.2, 0) is 4.79 Å². The third kappa shape index (κ3) is 4.00. The third-order valence-corrected chi connectivity index (χ3v) is 3.52. The van der Waals surface area contributed by atoms with Gasteiger partial charge in [-0.2, -0.15) is 0 Å². The number of nitrogens with one attached hydrogen (secondary N) is 1. The lowest BCUT2D eigenvalue weighted by Crippen LogP contribution is -2.39. The fourth-order valence-electron chi connectivity index (χ4n) is 1.18. The zero-order chi connectivity index (χ0) is 12.0. The van der Waals surface area contributed by atoms with Crippen LogP contribution in [0.3, 0.4) is 0 Å². The molecule has 0 saturated carbocycles. The Kier molecular flexibility index (Phi) is 5.59. The van der Waals surface area contributed by atoms with Crippen LogP contribution in [0.4, 0.5) is 0 Å². The molecule has 0 saturated heterocycles. The molecule has 0 aliphatic rings. The Hall–Kier alpha value is -0.780. The summed E-state index contributed by atoms with van der Waals surface area (Å²) in [6, 6.07) is 3.28. The Morgan fingerprint density at radius 3 is 3.06 bits per heavy atom. The van der Waals surface area contributed by atoms with E-state index in [4.69, 9.17) is 17.3 Å². The zero-order valence-electron chi connectivity index (χ0n) is 8.94. The van der Waals surface area contributed by atoms with Gasteiger partial charge in [0.25, 0.3) is 0 Å². The fraction of sp³-hybridized carbons (Fsp3) is 0.400. The minimum atomic E-state index is -0.338. The molecule has 88 valence electrons. The van der Waals surface area contributed by atoms with Crippen LogP contribution in [0.5, 0.6) is 0 Å². The number of likely N-dealkylation sites (N-methyl/N-ethyl adjacent to an activating group) is 1. The van der Waals surface area contributed by atoms with Crippen LogP contribution in [-0.4, -0.2) is 29.7 Å². The molecule has 1 heterocycles. The highest BCUT2D eigenvalue weighted by molar-refractivity contribution is 7.99. The largest absolute Gasteiger partial charge is 0.368 e. The molecule has 0 aromatic carbocycles. The van der Waals surface area contributed by atoms with Crippen molar-refractivity contribution in [3.8, 4) is 0 Å². The van der Waals surface area contributed by atoms with Crippen molar-refractivity contribution in [2.45, 2.75) is 17.5 Å². The molecule has 1 unspecified atom stereocenters. The Labute approximate surface area is 104 Å². The molecular formula is C10H14ClN3OS. The first-order valence-electron chi connectivity index (χ1n) is 4.85. The quantitative estimate of drug-likeness (QED) is 0.756. The number of hydrogen-bond acceptors (Lipinski definition) is 4. The summed E-state index contributed by atoms with van der Waals surface area (Å²) in [6.07, 6.45) is 2.35. The summed E-state index contributed by atoms with van der Waals surface area (Å²) in [7, 11) is 1.72. The van der Waals surface area contributed by atoms with Gasteiger partial charge in [-0.1, -0.05) is 11.6 Å². The molecule has 3 N–H and O–H groups in total. The minimum Gasteiger partial charge on any atom is -0.368 e. The predicted molar refractivity (Wildman–Crippen MR) is 66.6 cm³/mol. The van der Waals surface area contributed by atoms with Crippen molar-refractivity contribution in [3.63, 3.8) is 0 Å². The highest BCUT2D eigenvalue weighted by atomic mass is 35.5. The van der Waals surface area contributed by atoms with Crippen molar-refractivity contribution in [1.29, 1.82) is 0 Å². The van der Waals surface area contributed by atoms with E-state index in [-0.39, 0.29) is 11.9 Å². The molecule has 1 rings (SSSR count). The van der Waals surface area contributed by atoms with Crippen LogP contribution in [0.1, 0.15) is 6.42 Å². The van der Waals surface area contributed by atoms with Crippen LogP contribution >= 0.6 is 23.4 Å². The van der Waals surface area contributed by atoms with Crippen molar-refractivity contribution >= 4 is 29.3 Å². The van der Waals surface area contributed by atoms with E-state index in [1.165, 1.54) is 11.8 Å². The van der Waals surface area contributed by atoms with Crippen molar-refractivity contribution in [1.82, 2.24) is 10.3 Å².